The Labute approximate surface area is 244 Å². The van der Waals surface area contributed by atoms with Crippen LogP contribution in [0.25, 0.3) is 0 Å². The molecule has 3 aliphatic rings. The number of nitrogens with one attached hydrogen (secondary N) is 2. The number of carboxylic acid groups (broad SMARTS) is 1. The van der Waals surface area contributed by atoms with Crippen LogP contribution < -0.4 is 15.5 Å². The Bertz CT molecular complexity index is 1120. The monoisotopic (exact) mass is 571 g/mol. The van der Waals surface area contributed by atoms with Crippen LogP contribution in [0.3, 0.4) is 0 Å². The Morgan fingerprint density at radius 2 is 1.76 bits per heavy atom. The maximum Gasteiger partial charge on any atom is 0.326 e. The summed E-state index contributed by atoms with van der Waals surface area (Å²) < 4.78 is 6.00. The Morgan fingerprint density at radius 3 is 2.32 bits per heavy atom. The molecule has 2 amide bonds. The standard InChI is InChI=1S/C32H49N3O6/c1-19(2)40-27-20(3)13-23(14-21(27)4)24-16-32(41-34-24)17-25(30(38)39)35(18-32)29(37)28(31(5,6)7)33-26(36)15-22-11-9-8-10-12-22/h13-14,19,22,24-25,28,34H,8-12,15-18H2,1-7H3,(H,33,36)(H,38,39)/t24?,25-,28+,32+/m0/s1. The summed E-state index contributed by atoms with van der Waals surface area (Å²) in [4.78, 5) is 47.0. The fourth-order valence-electron chi connectivity index (χ4n) is 6.75. The Balaban J connectivity index is 1.50. The molecule has 0 aromatic heterocycles. The molecule has 41 heavy (non-hydrogen) atoms. The number of benzene rings is 1. The van der Waals surface area contributed by atoms with Crippen LogP contribution in [0.2, 0.25) is 0 Å². The normalized spacial score (nSPS) is 26.0. The Morgan fingerprint density at radius 1 is 1.12 bits per heavy atom. The topological polar surface area (TPSA) is 117 Å². The summed E-state index contributed by atoms with van der Waals surface area (Å²) in [5.74, 6) is -0.354. The molecule has 9 nitrogen and oxygen atoms in total. The summed E-state index contributed by atoms with van der Waals surface area (Å²) in [6.45, 7) is 13.9. The van der Waals surface area contributed by atoms with Gasteiger partial charge in [0.1, 0.15) is 23.4 Å². The van der Waals surface area contributed by atoms with Crippen molar-refractivity contribution in [3.63, 3.8) is 0 Å². The number of hydroxylamine groups is 1. The molecule has 2 aliphatic heterocycles. The second-order valence-corrected chi connectivity index (χ2v) is 13.9. The van der Waals surface area contributed by atoms with Crippen molar-refractivity contribution >= 4 is 17.8 Å². The van der Waals surface area contributed by atoms with Crippen LogP contribution in [0.5, 0.6) is 5.75 Å². The average molecular weight is 572 g/mol. The second kappa shape index (κ2) is 12.3. The second-order valence-electron chi connectivity index (χ2n) is 13.9. The van der Waals surface area contributed by atoms with E-state index in [0.717, 1.165) is 48.1 Å². The number of ether oxygens (including phenoxy) is 1. The maximum absolute atomic E-state index is 14.0. The lowest BCUT2D eigenvalue weighted by molar-refractivity contribution is -0.150. The average Bonchev–Trinajstić information content (AvgIpc) is 3.48. The van der Waals surface area contributed by atoms with Gasteiger partial charge in [-0.1, -0.05) is 52.2 Å². The van der Waals surface area contributed by atoms with E-state index in [9.17, 15) is 19.5 Å². The Kier molecular flexibility index (Phi) is 9.38. The third-order valence-corrected chi connectivity index (χ3v) is 8.82. The highest BCUT2D eigenvalue weighted by molar-refractivity contribution is 5.91. The van der Waals surface area contributed by atoms with Crippen LogP contribution in [0.1, 0.15) is 109 Å². The minimum Gasteiger partial charge on any atom is -0.490 e. The molecule has 4 atom stereocenters. The van der Waals surface area contributed by atoms with E-state index in [1.165, 1.54) is 11.3 Å². The molecule has 1 spiro atoms. The van der Waals surface area contributed by atoms with Gasteiger partial charge >= 0.3 is 5.97 Å². The predicted octanol–water partition coefficient (Wildman–Crippen LogP) is 4.98. The zero-order valence-corrected chi connectivity index (χ0v) is 25.8. The first-order valence-corrected chi connectivity index (χ1v) is 15.2. The largest absolute Gasteiger partial charge is 0.490 e. The molecule has 3 N–H and O–H groups in total. The first kappa shape index (κ1) is 31.3. The van der Waals surface area contributed by atoms with Crippen LogP contribution >= 0.6 is 0 Å². The van der Waals surface area contributed by atoms with Crippen LogP contribution in [0.4, 0.5) is 0 Å². The van der Waals surface area contributed by atoms with Crippen molar-refractivity contribution in [3.8, 4) is 5.75 Å². The lowest BCUT2D eigenvalue weighted by atomic mass is 9.84. The zero-order chi connectivity index (χ0) is 30.1. The van der Waals surface area contributed by atoms with Crippen molar-refractivity contribution in [1.29, 1.82) is 0 Å². The summed E-state index contributed by atoms with van der Waals surface area (Å²) in [6, 6.07) is 2.13. The van der Waals surface area contributed by atoms with Gasteiger partial charge in [-0.2, -0.15) is 5.48 Å². The van der Waals surface area contributed by atoms with E-state index in [1.54, 1.807) is 0 Å². The van der Waals surface area contributed by atoms with Crippen LogP contribution in [-0.4, -0.2) is 58.1 Å². The molecule has 2 saturated heterocycles. The van der Waals surface area contributed by atoms with Crippen molar-refractivity contribution in [2.75, 3.05) is 6.54 Å². The quantitative estimate of drug-likeness (QED) is 0.403. The molecule has 1 saturated carbocycles. The Hall–Kier alpha value is -2.65. The fraction of sp³-hybridized carbons (Fsp3) is 0.719. The first-order valence-electron chi connectivity index (χ1n) is 15.2. The van der Waals surface area contributed by atoms with E-state index in [4.69, 9.17) is 9.57 Å². The van der Waals surface area contributed by atoms with Gasteiger partial charge in [-0.05, 0) is 68.6 Å². The van der Waals surface area contributed by atoms with Crippen LogP contribution in [-0.2, 0) is 19.2 Å². The number of aryl methyl sites for hydroxylation is 2. The molecule has 1 aliphatic carbocycles. The number of carbonyl (C=O) groups excluding carboxylic acids is 2. The van der Waals surface area contributed by atoms with E-state index in [1.807, 2.05) is 48.5 Å². The summed E-state index contributed by atoms with van der Waals surface area (Å²) in [5.41, 5.74) is 4.79. The highest BCUT2D eigenvalue weighted by Gasteiger charge is 2.55. The molecule has 9 heteroatoms. The first-order chi connectivity index (χ1) is 19.2. The summed E-state index contributed by atoms with van der Waals surface area (Å²) in [6.07, 6.45) is 6.74. The molecule has 228 valence electrons. The number of hydrogen-bond donors (Lipinski definition) is 3. The summed E-state index contributed by atoms with van der Waals surface area (Å²) in [5, 5.41) is 13.1. The third kappa shape index (κ3) is 7.23. The minimum atomic E-state index is -1.06. The van der Waals surface area contributed by atoms with E-state index in [2.05, 4.69) is 22.9 Å². The lowest BCUT2D eigenvalue weighted by Crippen LogP contribution is -2.57. The number of hydrogen-bond acceptors (Lipinski definition) is 6. The van der Waals surface area contributed by atoms with Crippen LogP contribution in [0, 0.1) is 25.2 Å². The summed E-state index contributed by atoms with van der Waals surface area (Å²) >= 11 is 0. The van der Waals surface area contributed by atoms with Crippen LogP contribution in [0.15, 0.2) is 12.1 Å². The number of amides is 2. The molecular weight excluding hydrogens is 522 g/mol. The number of carbonyl (C=O) groups is 3. The van der Waals surface area contributed by atoms with Gasteiger partial charge in [-0.15, -0.1) is 0 Å². The lowest BCUT2D eigenvalue weighted by Gasteiger charge is -2.35. The molecule has 0 radical (unpaired) electrons. The number of nitrogens with zero attached hydrogens (tertiary/aromatic N) is 1. The third-order valence-electron chi connectivity index (χ3n) is 8.82. The van der Waals surface area contributed by atoms with E-state index in [0.29, 0.717) is 18.8 Å². The number of carboxylic acids is 1. The smallest absolute Gasteiger partial charge is 0.326 e. The van der Waals surface area contributed by atoms with Crippen molar-refractivity contribution < 1.29 is 29.1 Å². The van der Waals surface area contributed by atoms with Gasteiger partial charge in [0, 0.05) is 19.3 Å². The minimum absolute atomic E-state index is 0.0680. The van der Waals surface area contributed by atoms with E-state index in [-0.39, 0.29) is 36.9 Å². The molecule has 0 bridgehead atoms. The number of likely N-dealkylation sites (tertiary alicyclic amines) is 1. The molecule has 3 fully saturated rings. The zero-order valence-electron chi connectivity index (χ0n) is 25.8. The van der Waals surface area contributed by atoms with Gasteiger partial charge in [0.15, 0.2) is 0 Å². The molecule has 2 heterocycles. The maximum atomic E-state index is 14.0. The van der Waals surface area contributed by atoms with E-state index >= 15 is 0 Å². The summed E-state index contributed by atoms with van der Waals surface area (Å²) in [7, 11) is 0. The van der Waals surface area contributed by atoms with Gasteiger partial charge < -0.3 is 20.1 Å². The number of aliphatic carboxylic acids is 1. The molecular formula is C32H49N3O6. The highest BCUT2D eigenvalue weighted by atomic mass is 16.7. The van der Waals surface area contributed by atoms with Crippen molar-refractivity contribution in [2.24, 2.45) is 11.3 Å². The van der Waals surface area contributed by atoms with Gasteiger partial charge in [-0.3, -0.25) is 14.4 Å². The van der Waals surface area contributed by atoms with Gasteiger partial charge in [-0.25, -0.2) is 4.79 Å². The van der Waals surface area contributed by atoms with Gasteiger partial charge in [0.2, 0.25) is 11.8 Å². The highest BCUT2D eigenvalue weighted by Crippen LogP contribution is 2.43. The molecule has 1 aromatic rings. The molecule has 1 aromatic carbocycles. The SMILES string of the molecule is Cc1cc(C2C[C@]3(C[C@@H](C(=O)O)N(C(=O)[C@@H](NC(=O)CC4CCCCC4)C(C)(C)C)C3)ON2)cc(C)c1OC(C)C. The molecule has 1 unspecified atom stereocenters. The molecule has 4 rings (SSSR count). The van der Waals surface area contributed by atoms with Crippen molar-refractivity contribution in [1.82, 2.24) is 15.7 Å². The van der Waals surface area contributed by atoms with Gasteiger partial charge in [0.05, 0.1) is 18.7 Å². The predicted molar refractivity (Wildman–Crippen MR) is 156 cm³/mol. The fourth-order valence-corrected chi connectivity index (χ4v) is 6.75. The van der Waals surface area contributed by atoms with Crippen molar-refractivity contribution in [2.45, 2.75) is 130 Å². The number of rotatable bonds is 8. The van der Waals surface area contributed by atoms with E-state index < -0.39 is 29.1 Å². The van der Waals surface area contributed by atoms with Crippen molar-refractivity contribution in [3.05, 3.63) is 28.8 Å². The van der Waals surface area contributed by atoms with Gasteiger partial charge in [0.25, 0.3) is 0 Å².